The Hall–Kier alpha value is -1.95. The molecule has 2 nitrogen and oxygen atoms in total. The fourth-order valence-electron chi connectivity index (χ4n) is 1.98. The molecular formula is C14H12F4N2. The van der Waals surface area contributed by atoms with Crippen LogP contribution in [0.4, 0.5) is 17.6 Å². The van der Waals surface area contributed by atoms with Crippen LogP contribution in [0.25, 0.3) is 0 Å². The monoisotopic (exact) mass is 284 g/mol. The highest BCUT2D eigenvalue weighted by atomic mass is 19.4. The highest BCUT2D eigenvalue weighted by Crippen LogP contribution is 2.30. The maximum atomic E-state index is 13.2. The molecule has 1 unspecified atom stereocenters. The Morgan fingerprint density at radius 1 is 1.05 bits per heavy atom. The van der Waals surface area contributed by atoms with Gasteiger partial charge in [-0.15, -0.1) is 0 Å². The molecule has 1 aromatic carbocycles. The van der Waals surface area contributed by atoms with Gasteiger partial charge in [0.05, 0.1) is 17.8 Å². The van der Waals surface area contributed by atoms with Gasteiger partial charge in [-0.3, -0.25) is 4.98 Å². The molecule has 20 heavy (non-hydrogen) atoms. The molecular weight excluding hydrogens is 272 g/mol. The number of hydrogen-bond acceptors (Lipinski definition) is 2. The van der Waals surface area contributed by atoms with Crippen LogP contribution in [0.3, 0.4) is 0 Å². The van der Waals surface area contributed by atoms with Crippen molar-refractivity contribution in [1.82, 2.24) is 10.3 Å². The third kappa shape index (κ3) is 3.14. The molecule has 6 heteroatoms. The summed E-state index contributed by atoms with van der Waals surface area (Å²) in [6, 6.07) is 5.63. The molecule has 1 N–H and O–H groups in total. The molecule has 2 aromatic rings. The molecule has 0 aliphatic heterocycles. The van der Waals surface area contributed by atoms with Crippen LogP contribution in [-0.4, -0.2) is 12.0 Å². The van der Waals surface area contributed by atoms with Gasteiger partial charge in [0, 0.05) is 6.20 Å². The van der Waals surface area contributed by atoms with Gasteiger partial charge in [0.25, 0.3) is 0 Å². The van der Waals surface area contributed by atoms with Crippen LogP contribution in [0.15, 0.2) is 42.7 Å². The quantitative estimate of drug-likeness (QED) is 0.872. The Morgan fingerprint density at radius 3 is 2.20 bits per heavy atom. The number of rotatable bonds is 3. The van der Waals surface area contributed by atoms with Crippen molar-refractivity contribution in [2.24, 2.45) is 0 Å². The van der Waals surface area contributed by atoms with Crippen molar-refractivity contribution in [3.63, 3.8) is 0 Å². The number of nitrogens with zero attached hydrogens (tertiary/aromatic N) is 1. The summed E-state index contributed by atoms with van der Waals surface area (Å²) in [6.45, 7) is 0. The summed E-state index contributed by atoms with van der Waals surface area (Å²) >= 11 is 0. The first-order chi connectivity index (χ1) is 9.41. The van der Waals surface area contributed by atoms with Crippen molar-refractivity contribution in [2.75, 3.05) is 7.05 Å². The summed E-state index contributed by atoms with van der Waals surface area (Å²) < 4.78 is 50.7. The zero-order valence-electron chi connectivity index (χ0n) is 10.6. The zero-order chi connectivity index (χ0) is 14.8. The van der Waals surface area contributed by atoms with Gasteiger partial charge in [-0.25, -0.2) is 4.39 Å². The molecule has 0 radical (unpaired) electrons. The lowest BCUT2D eigenvalue weighted by Gasteiger charge is -2.17. The van der Waals surface area contributed by atoms with Gasteiger partial charge in [0.2, 0.25) is 0 Å². The number of halogens is 4. The Kier molecular flexibility index (Phi) is 4.04. The Balaban J connectivity index is 2.33. The van der Waals surface area contributed by atoms with Crippen LogP contribution < -0.4 is 5.32 Å². The molecule has 1 heterocycles. The maximum Gasteiger partial charge on any atom is 0.416 e. The van der Waals surface area contributed by atoms with Gasteiger partial charge in [0.1, 0.15) is 5.82 Å². The predicted octanol–water partition coefficient (Wildman–Crippen LogP) is 3.55. The van der Waals surface area contributed by atoms with Crippen LogP contribution in [-0.2, 0) is 6.18 Å². The molecule has 0 spiro atoms. The van der Waals surface area contributed by atoms with E-state index in [1.807, 2.05) is 0 Å². The Morgan fingerprint density at radius 2 is 1.70 bits per heavy atom. The summed E-state index contributed by atoms with van der Waals surface area (Å²) in [5.41, 5.74) is 0.439. The SMILES string of the molecule is CNC(c1ccc(C(F)(F)F)cc1)c1cncc(F)c1. The highest BCUT2D eigenvalue weighted by molar-refractivity contribution is 5.33. The topological polar surface area (TPSA) is 24.9 Å². The third-order valence-electron chi connectivity index (χ3n) is 2.92. The molecule has 0 saturated carbocycles. The summed E-state index contributed by atoms with van der Waals surface area (Å²) in [5.74, 6) is -0.491. The maximum absolute atomic E-state index is 13.2. The Bertz CT molecular complexity index is 578. The van der Waals surface area contributed by atoms with E-state index in [0.29, 0.717) is 11.1 Å². The molecule has 0 fully saturated rings. The molecule has 0 aliphatic carbocycles. The van der Waals surface area contributed by atoms with Crippen molar-refractivity contribution < 1.29 is 17.6 Å². The van der Waals surface area contributed by atoms with Crippen molar-refractivity contribution in [1.29, 1.82) is 0 Å². The minimum Gasteiger partial charge on any atom is -0.309 e. The highest BCUT2D eigenvalue weighted by Gasteiger charge is 2.30. The van der Waals surface area contributed by atoms with E-state index in [9.17, 15) is 17.6 Å². The number of pyridine rings is 1. The average Bonchev–Trinajstić information content (AvgIpc) is 2.39. The van der Waals surface area contributed by atoms with E-state index in [-0.39, 0.29) is 0 Å². The predicted molar refractivity (Wildman–Crippen MR) is 66.5 cm³/mol. The van der Waals surface area contributed by atoms with Gasteiger partial charge in [-0.05, 0) is 36.4 Å². The van der Waals surface area contributed by atoms with E-state index in [0.717, 1.165) is 18.3 Å². The number of hydrogen-bond donors (Lipinski definition) is 1. The van der Waals surface area contributed by atoms with Crippen LogP contribution >= 0.6 is 0 Å². The molecule has 1 atom stereocenters. The second-order valence-electron chi connectivity index (χ2n) is 4.28. The molecule has 1 aromatic heterocycles. The molecule has 0 aliphatic rings. The van der Waals surface area contributed by atoms with Crippen LogP contribution in [0, 0.1) is 5.82 Å². The summed E-state index contributed by atoms with van der Waals surface area (Å²) in [7, 11) is 1.65. The van der Waals surface area contributed by atoms with Crippen molar-refractivity contribution >= 4 is 0 Å². The lowest BCUT2D eigenvalue weighted by molar-refractivity contribution is -0.137. The fraction of sp³-hybridized carbons (Fsp3) is 0.214. The van der Waals surface area contributed by atoms with Crippen LogP contribution in [0.1, 0.15) is 22.7 Å². The standard InChI is InChI=1S/C14H12F4N2/c1-19-13(10-6-12(15)8-20-7-10)9-2-4-11(5-3-9)14(16,17)18/h2-8,13,19H,1H3. The first-order valence-electron chi connectivity index (χ1n) is 5.86. The molecule has 0 bridgehead atoms. The second-order valence-corrected chi connectivity index (χ2v) is 4.28. The molecule has 0 saturated heterocycles. The zero-order valence-corrected chi connectivity index (χ0v) is 10.6. The Labute approximate surface area is 113 Å². The lowest BCUT2D eigenvalue weighted by Crippen LogP contribution is -2.18. The van der Waals surface area contributed by atoms with Crippen molar-refractivity contribution in [3.05, 3.63) is 65.2 Å². The first kappa shape index (κ1) is 14.5. The van der Waals surface area contributed by atoms with E-state index < -0.39 is 23.6 Å². The molecule has 0 amide bonds. The summed E-state index contributed by atoms with van der Waals surface area (Å²) in [4.78, 5) is 3.74. The summed E-state index contributed by atoms with van der Waals surface area (Å²) in [5, 5.41) is 2.93. The van der Waals surface area contributed by atoms with Crippen LogP contribution in [0.5, 0.6) is 0 Å². The minimum absolute atomic E-state index is 0.416. The molecule has 2 rings (SSSR count). The summed E-state index contributed by atoms with van der Waals surface area (Å²) in [6.07, 6.45) is -1.82. The van der Waals surface area contributed by atoms with Crippen molar-refractivity contribution in [3.8, 4) is 0 Å². The molecule has 106 valence electrons. The van der Waals surface area contributed by atoms with Gasteiger partial charge in [-0.1, -0.05) is 12.1 Å². The van der Waals surface area contributed by atoms with E-state index in [4.69, 9.17) is 0 Å². The minimum atomic E-state index is -4.37. The number of alkyl halides is 3. The first-order valence-corrected chi connectivity index (χ1v) is 5.86. The average molecular weight is 284 g/mol. The van der Waals surface area contributed by atoms with Gasteiger partial charge in [-0.2, -0.15) is 13.2 Å². The van der Waals surface area contributed by atoms with E-state index in [2.05, 4.69) is 10.3 Å². The number of benzene rings is 1. The normalized spacial score (nSPS) is 13.2. The largest absolute Gasteiger partial charge is 0.416 e. The van der Waals surface area contributed by atoms with Crippen molar-refractivity contribution in [2.45, 2.75) is 12.2 Å². The fourth-order valence-corrected chi connectivity index (χ4v) is 1.98. The van der Waals surface area contributed by atoms with Crippen LogP contribution in [0.2, 0.25) is 0 Å². The second kappa shape index (κ2) is 5.58. The number of aromatic nitrogens is 1. The van der Waals surface area contributed by atoms with Gasteiger partial charge in [0.15, 0.2) is 0 Å². The van der Waals surface area contributed by atoms with Gasteiger partial charge >= 0.3 is 6.18 Å². The smallest absolute Gasteiger partial charge is 0.309 e. The van der Waals surface area contributed by atoms with E-state index in [1.54, 1.807) is 7.05 Å². The third-order valence-corrected chi connectivity index (χ3v) is 2.92. The van der Waals surface area contributed by atoms with E-state index >= 15 is 0 Å². The van der Waals surface area contributed by atoms with E-state index in [1.165, 1.54) is 24.4 Å². The van der Waals surface area contributed by atoms with Gasteiger partial charge < -0.3 is 5.32 Å². The lowest BCUT2D eigenvalue weighted by atomic mass is 9.99. The number of nitrogens with one attached hydrogen (secondary N) is 1.